The van der Waals surface area contributed by atoms with E-state index >= 15 is 0 Å². The topological polar surface area (TPSA) is 129 Å². The van der Waals surface area contributed by atoms with E-state index in [0.717, 1.165) is 25.8 Å². The summed E-state index contributed by atoms with van der Waals surface area (Å²) >= 11 is 0. The van der Waals surface area contributed by atoms with Crippen LogP contribution in [-0.4, -0.2) is 45.4 Å². The Bertz CT molecular complexity index is 836. The van der Waals surface area contributed by atoms with Crippen molar-refractivity contribution in [2.45, 2.75) is 39.2 Å². The molecule has 2 aliphatic rings. The van der Waals surface area contributed by atoms with E-state index in [1.807, 2.05) is 0 Å². The Hall–Kier alpha value is -3.10. The monoisotopic (exact) mass is 372 g/mol. The maximum Gasteiger partial charge on any atom is 0.414 e. The Morgan fingerprint density at radius 2 is 2.04 bits per heavy atom. The quantitative estimate of drug-likeness (QED) is 0.555. The van der Waals surface area contributed by atoms with Crippen molar-refractivity contribution in [3.8, 4) is 0 Å². The number of ketones is 1. The number of aliphatic imine (C=N–C) groups is 1. The van der Waals surface area contributed by atoms with E-state index in [9.17, 15) is 9.59 Å². The molecule has 1 saturated heterocycles. The molecule has 0 unspecified atom stereocenters. The summed E-state index contributed by atoms with van der Waals surface area (Å²) in [6, 6.07) is 0. The van der Waals surface area contributed by atoms with Crippen molar-refractivity contribution in [1.29, 1.82) is 0 Å². The molecule has 1 amide bonds. The Morgan fingerprint density at radius 1 is 1.22 bits per heavy atom. The highest BCUT2D eigenvalue weighted by Gasteiger charge is 2.31. The summed E-state index contributed by atoms with van der Waals surface area (Å²) in [6.45, 7) is 3.44. The Labute approximate surface area is 157 Å². The number of amides is 1. The van der Waals surface area contributed by atoms with E-state index in [1.165, 1.54) is 23.5 Å². The van der Waals surface area contributed by atoms with Crippen LogP contribution in [0.2, 0.25) is 0 Å². The molecule has 0 radical (unpaired) electrons. The third-order valence-electron chi connectivity index (χ3n) is 4.48. The smallest absolute Gasteiger partial charge is 0.414 e. The van der Waals surface area contributed by atoms with Crippen LogP contribution in [0.15, 0.2) is 34.7 Å². The Morgan fingerprint density at radius 3 is 2.74 bits per heavy atom. The van der Waals surface area contributed by atoms with Crippen LogP contribution >= 0.6 is 0 Å². The van der Waals surface area contributed by atoms with Crippen molar-refractivity contribution >= 4 is 29.1 Å². The molecule has 0 atom stereocenters. The Kier molecular flexibility index (Phi) is 5.58. The van der Waals surface area contributed by atoms with Gasteiger partial charge in [0.2, 0.25) is 5.78 Å². The maximum atomic E-state index is 12.2. The summed E-state index contributed by atoms with van der Waals surface area (Å²) in [5, 5.41) is 4.28. The number of allylic oxidation sites excluding steroid dienone is 2. The summed E-state index contributed by atoms with van der Waals surface area (Å²) in [5.41, 5.74) is 13.3. The fraction of sp³-hybridized carbons (Fsp3) is 0.444. The van der Waals surface area contributed by atoms with Crippen LogP contribution in [0, 0.1) is 0 Å². The third-order valence-corrected chi connectivity index (χ3v) is 4.48. The first-order valence-electron chi connectivity index (χ1n) is 9.09. The number of aryl methyl sites for hydroxylation is 1. The third kappa shape index (κ3) is 4.02. The van der Waals surface area contributed by atoms with Crippen molar-refractivity contribution < 1.29 is 14.3 Å². The number of aromatic nitrogens is 2. The zero-order chi connectivity index (χ0) is 19.4. The number of carbonyl (C=O) groups excluding carboxylic acids is 2. The summed E-state index contributed by atoms with van der Waals surface area (Å²) in [5.74, 6) is 0.0871. The minimum absolute atomic E-state index is 0.191. The average Bonchev–Trinajstić information content (AvgIpc) is 3.21. The Balaban J connectivity index is 1.82. The van der Waals surface area contributed by atoms with Crippen molar-refractivity contribution in [3.63, 3.8) is 0 Å². The first-order chi connectivity index (χ1) is 13.0. The number of nitrogens with zero attached hydrogens (tertiary/aromatic N) is 4. The van der Waals surface area contributed by atoms with E-state index in [4.69, 9.17) is 16.2 Å². The lowest BCUT2D eigenvalue weighted by Crippen LogP contribution is -2.31. The number of nitrogen functional groups attached to an aromatic ring is 1. The number of carbonyl (C=O) groups is 2. The summed E-state index contributed by atoms with van der Waals surface area (Å²) in [7, 11) is 0. The van der Waals surface area contributed by atoms with Crippen LogP contribution < -0.4 is 11.5 Å². The zero-order valence-corrected chi connectivity index (χ0v) is 15.4. The number of hydrogen-bond acceptors (Lipinski definition) is 7. The van der Waals surface area contributed by atoms with Crippen molar-refractivity contribution in [2.24, 2.45) is 10.7 Å². The van der Waals surface area contributed by atoms with Crippen molar-refractivity contribution in [2.75, 3.05) is 18.9 Å². The van der Waals surface area contributed by atoms with Crippen LogP contribution in [0.4, 0.5) is 16.3 Å². The largest absolute Gasteiger partial charge is 0.447 e. The second-order valence-electron chi connectivity index (χ2n) is 6.46. The summed E-state index contributed by atoms with van der Waals surface area (Å²) in [6.07, 6.45) is 8.22. The van der Waals surface area contributed by atoms with Crippen LogP contribution in [0.5, 0.6) is 0 Å². The van der Waals surface area contributed by atoms with E-state index in [2.05, 4.69) is 17.0 Å². The standard InChI is InChI=1S/C18H24N6O3/c1-2-3-4-5-6-24-17(20)14(11-21-24)22-13-10-15(16(25)9-12(13)19)23-7-8-27-18(23)26/h9-11H,2-8,19-20H2,1H3/b22-13-. The summed E-state index contributed by atoms with van der Waals surface area (Å²) in [4.78, 5) is 29.7. The average molecular weight is 372 g/mol. The van der Waals surface area contributed by atoms with Gasteiger partial charge in [0, 0.05) is 12.6 Å². The zero-order valence-electron chi connectivity index (χ0n) is 15.4. The van der Waals surface area contributed by atoms with Gasteiger partial charge in [0.05, 0.1) is 29.8 Å². The molecule has 1 aliphatic carbocycles. The number of nitrogens with two attached hydrogens (primary N) is 2. The lowest BCUT2D eigenvalue weighted by atomic mass is 10.1. The molecular weight excluding hydrogens is 348 g/mol. The minimum Gasteiger partial charge on any atom is -0.447 e. The predicted molar refractivity (Wildman–Crippen MR) is 101 cm³/mol. The molecule has 0 saturated carbocycles. The SMILES string of the molecule is CCCCCCn1ncc(/N=C2/C=C(N3CCOC3=O)C(=O)C=C2N)c1N. The van der Waals surface area contributed by atoms with Gasteiger partial charge in [-0.3, -0.25) is 9.69 Å². The first kappa shape index (κ1) is 18.7. The highest BCUT2D eigenvalue weighted by Crippen LogP contribution is 2.25. The molecule has 0 aromatic carbocycles. The molecule has 1 aromatic rings. The molecule has 2 heterocycles. The molecule has 9 heteroatoms. The lowest BCUT2D eigenvalue weighted by Gasteiger charge is -2.18. The molecule has 0 spiro atoms. The van der Waals surface area contributed by atoms with Crippen LogP contribution in [-0.2, 0) is 16.1 Å². The normalized spacial score (nSPS) is 18.7. The van der Waals surface area contributed by atoms with E-state index in [-0.39, 0.29) is 23.8 Å². The lowest BCUT2D eigenvalue weighted by molar-refractivity contribution is -0.112. The van der Waals surface area contributed by atoms with E-state index < -0.39 is 6.09 Å². The molecule has 9 nitrogen and oxygen atoms in total. The van der Waals surface area contributed by atoms with Crippen LogP contribution in [0.25, 0.3) is 0 Å². The fourth-order valence-corrected chi connectivity index (χ4v) is 2.96. The second kappa shape index (κ2) is 8.07. The molecule has 27 heavy (non-hydrogen) atoms. The molecule has 1 fully saturated rings. The molecule has 4 N–H and O–H groups in total. The van der Waals surface area contributed by atoms with Gasteiger partial charge in [0.1, 0.15) is 18.1 Å². The van der Waals surface area contributed by atoms with Gasteiger partial charge in [-0.2, -0.15) is 5.10 Å². The number of unbranched alkanes of at least 4 members (excludes halogenated alkanes) is 3. The number of rotatable bonds is 7. The van der Waals surface area contributed by atoms with Gasteiger partial charge in [-0.05, 0) is 12.5 Å². The first-order valence-corrected chi connectivity index (χ1v) is 9.09. The van der Waals surface area contributed by atoms with E-state index in [1.54, 1.807) is 10.9 Å². The molecule has 0 bridgehead atoms. The van der Waals surface area contributed by atoms with Crippen LogP contribution in [0.3, 0.4) is 0 Å². The maximum absolute atomic E-state index is 12.2. The number of anilines is 1. The van der Waals surface area contributed by atoms with E-state index in [0.29, 0.717) is 23.8 Å². The molecular formula is C18H24N6O3. The van der Waals surface area contributed by atoms with Gasteiger partial charge in [-0.15, -0.1) is 0 Å². The summed E-state index contributed by atoms with van der Waals surface area (Å²) < 4.78 is 6.61. The molecule has 1 aromatic heterocycles. The van der Waals surface area contributed by atoms with Gasteiger partial charge in [-0.1, -0.05) is 26.2 Å². The van der Waals surface area contributed by atoms with Crippen LogP contribution in [0.1, 0.15) is 32.6 Å². The fourth-order valence-electron chi connectivity index (χ4n) is 2.96. The molecule has 1 aliphatic heterocycles. The predicted octanol–water partition coefficient (Wildman–Crippen LogP) is 1.88. The van der Waals surface area contributed by atoms with Crippen molar-refractivity contribution in [3.05, 3.63) is 29.7 Å². The van der Waals surface area contributed by atoms with Gasteiger partial charge in [0.15, 0.2) is 0 Å². The highest BCUT2D eigenvalue weighted by molar-refractivity contribution is 6.22. The van der Waals surface area contributed by atoms with Gasteiger partial charge >= 0.3 is 6.09 Å². The minimum atomic E-state index is -0.553. The van der Waals surface area contributed by atoms with Gasteiger partial charge in [-0.25, -0.2) is 14.5 Å². The molecule has 3 rings (SSSR count). The number of ether oxygens (including phenoxy) is 1. The van der Waals surface area contributed by atoms with Gasteiger partial charge < -0.3 is 16.2 Å². The molecule has 144 valence electrons. The van der Waals surface area contributed by atoms with Gasteiger partial charge in [0.25, 0.3) is 0 Å². The number of cyclic esters (lactones) is 1. The van der Waals surface area contributed by atoms with Crippen molar-refractivity contribution in [1.82, 2.24) is 14.7 Å². The second-order valence-corrected chi connectivity index (χ2v) is 6.46. The highest BCUT2D eigenvalue weighted by atomic mass is 16.6. The number of hydrogen-bond donors (Lipinski definition) is 2.